The van der Waals surface area contributed by atoms with Crippen LogP contribution in [0.4, 0.5) is 13.2 Å². The molecule has 3 nitrogen and oxygen atoms in total. The standard InChI is InChI=1S/C11H9F3N2O/c1-6-10(17-2)16-8-4-3-7(11(12,13)14)5-9(8)15-6/h3-5H,1-2H3. The van der Waals surface area contributed by atoms with E-state index in [0.29, 0.717) is 17.1 Å². The average Bonchev–Trinajstić information content (AvgIpc) is 2.26. The summed E-state index contributed by atoms with van der Waals surface area (Å²) in [7, 11) is 1.44. The Morgan fingerprint density at radius 2 is 1.82 bits per heavy atom. The van der Waals surface area contributed by atoms with E-state index in [4.69, 9.17) is 4.74 Å². The van der Waals surface area contributed by atoms with Crippen LogP contribution >= 0.6 is 0 Å². The lowest BCUT2D eigenvalue weighted by Crippen LogP contribution is -2.05. The highest BCUT2D eigenvalue weighted by molar-refractivity contribution is 5.76. The highest BCUT2D eigenvalue weighted by atomic mass is 19.4. The molecule has 0 saturated heterocycles. The van der Waals surface area contributed by atoms with Gasteiger partial charge in [0.15, 0.2) is 0 Å². The summed E-state index contributed by atoms with van der Waals surface area (Å²) < 4.78 is 42.4. The van der Waals surface area contributed by atoms with Crippen LogP contribution in [-0.4, -0.2) is 17.1 Å². The van der Waals surface area contributed by atoms with Crippen LogP contribution < -0.4 is 4.74 Å². The zero-order valence-electron chi connectivity index (χ0n) is 9.17. The van der Waals surface area contributed by atoms with Gasteiger partial charge in [-0.2, -0.15) is 13.2 Å². The normalized spacial score (nSPS) is 11.8. The molecule has 2 rings (SSSR count). The number of hydrogen-bond donors (Lipinski definition) is 0. The summed E-state index contributed by atoms with van der Waals surface area (Å²) in [4.78, 5) is 8.10. The molecule has 0 amide bonds. The number of ether oxygens (including phenoxy) is 1. The number of alkyl halides is 3. The van der Waals surface area contributed by atoms with E-state index < -0.39 is 11.7 Å². The van der Waals surface area contributed by atoms with E-state index >= 15 is 0 Å². The van der Waals surface area contributed by atoms with E-state index in [2.05, 4.69) is 9.97 Å². The van der Waals surface area contributed by atoms with Gasteiger partial charge in [-0.3, -0.25) is 0 Å². The molecule has 1 aromatic heterocycles. The van der Waals surface area contributed by atoms with Gasteiger partial charge in [0.2, 0.25) is 5.88 Å². The summed E-state index contributed by atoms with van der Waals surface area (Å²) in [6.07, 6.45) is -4.37. The van der Waals surface area contributed by atoms with Crippen molar-refractivity contribution in [1.29, 1.82) is 0 Å². The molecule has 0 N–H and O–H groups in total. The molecule has 0 aliphatic heterocycles. The van der Waals surface area contributed by atoms with Gasteiger partial charge in [-0.25, -0.2) is 9.97 Å². The Kier molecular flexibility index (Phi) is 2.65. The summed E-state index contributed by atoms with van der Waals surface area (Å²) in [5, 5.41) is 0. The highest BCUT2D eigenvalue weighted by Gasteiger charge is 2.30. The molecule has 1 aromatic carbocycles. The van der Waals surface area contributed by atoms with Crippen molar-refractivity contribution in [1.82, 2.24) is 9.97 Å². The number of fused-ring (bicyclic) bond motifs is 1. The van der Waals surface area contributed by atoms with Gasteiger partial charge in [-0.05, 0) is 25.1 Å². The molecule has 90 valence electrons. The lowest BCUT2D eigenvalue weighted by atomic mass is 10.2. The third-order valence-electron chi connectivity index (χ3n) is 2.32. The largest absolute Gasteiger partial charge is 0.480 e. The minimum Gasteiger partial charge on any atom is -0.480 e. The van der Waals surface area contributed by atoms with Gasteiger partial charge in [0.05, 0.1) is 23.7 Å². The Labute approximate surface area is 95.3 Å². The maximum Gasteiger partial charge on any atom is 0.416 e. The minimum atomic E-state index is -4.37. The van der Waals surface area contributed by atoms with Crippen molar-refractivity contribution < 1.29 is 17.9 Å². The van der Waals surface area contributed by atoms with Gasteiger partial charge >= 0.3 is 6.18 Å². The molecule has 0 radical (unpaired) electrons. The zero-order valence-corrected chi connectivity index (χ0v) is 9.17. The zero-order chi connectivity index (χ0) is 12.6. The molecular formula is C11H9F3N2O. The predicted molar refractivity (Wildman–Crippen MR) is 55.8 cm³/mol. The Balaban J connectivity index is 2.63. The summed E-state index contributed by atoms with van der Waals surface area (Å²) in [6.45, 7) is 1.63. The Morgan fingerprint density at radius 3 is 2.41 bits per heavy atom. The Hall–Kier alpha value is -1.85. The van der Waals surface area contributed by atoms with Crippen LogP contribution in [0.25, 0.3) is 11.0 Å². The first-order valence-electron chi connectivity index (χ1n) is 4.81. The Bertz CT molecular complexity index is 566. The number of rotatable bonds is 1. The second-order valence-electron chi connectivity index (χ2n) is 3.52. The average molecular weight is 242 g/mol. The number of hydrogen-bond acceptors (Lipinski definition) is 3. The maximum absolute atomic E-state index is 12.5. The minimum absolute atomic E-state index is 0.207. The second kappa shape index (κ2) is 3.87. The maximum atomic E-state index is 12.5. The number of benzene rings is 1. The van der Waals surface area contributed by atoms with Crippen molar-refractivity contribution >= 4 is 11.0 Å². The molecule has 0 bridgehead atoms. The quantitative estimate of drug-likeness (QED) is 0.771. The van der Waals surface area contributed by atoms with Gasteiger partial charge in [-0.15, -0.1) is 0 Å². The van der Waals surface area contributed by atoms with Crippen LogP contribution in [0.5, 0.6) is 5.88 Å². The van der Waals surface area contributed by atoms with Crippen molar-refractivity contribution in [3.63, 3.8) is 0 Å². The number of nitrogens with zero attached hydrogens (tertiary/aromatic N) is 2. The van der Waals surface area contributed by atoms with Gasteiger partial charge in [0.1, 0.15) is 5.69 Å². The summed E-state index contributed by atoms with van der Waals surface area (Å²) in [6, 6.07) is 3.24. The molecule has 0 atom stereocenters. The van der Waals surface area contributed by atoms with Gasteiger partial charge < -0.3 is 4.74 Å². The van der Waals surface area contributed by atoms with E-state index in [9.17, 15) is 13.2 Å². The van der Waals surface area contributed by atoms with Crippen LogP contribution in [0, 0.1) is 6.92 Å². The van der Waals surface area contributed by atoms with E-state index in [-0.39, 0.29) is 5.52 Å². The second-order valence-corrected chi connectivity index (χ2v) is 3.52. The third kappa shape index (κ3) is 2.15. The molecule has 6 heteroatoms. The van der Waals surface area contributed by atoms with Crippen molar-refractivity contribution in [3.05, 3.63) is 29.5 Å². The summed E-state index contributed by atoms with van der Waals surface area (Å²) in [5.41, 5.74) is 0.307. The highest BCUT2D eigenvalue weighted by Crippen LogP contribution is 2.31. The van der Waals surface area contributed by atoms with Crippen molar-refractivity contribution in [3.8, 4) is 5.88 Å². The summed E-state index contributed by atoms with van der Waals surface area (Å²) >= 11 is 0. The molecule has 0 saturated carbocycles. The molecule has 1 heterocycles. The molecule has 0 spiro atoms. The lowest BCUT2D eigenvalue weighted by molar-refractivity contribution is -0.137. The van der Waals surface area contributed by atoms with Crippen LogP contribution in [-0.2, 0) is 6.18 Å². The van der Waals surface area contributed by atoms with Crippen molar-refractivity contribution in [2.75, 3.05) is 7.11 Å². The number of aromatic nitrogens is 2. The van der Waals surface area contributed by atoms with Gasteiger partial charge in [0, 0.05) is 0 Å². The first kappa shape index (κ1) is 11.6. The topological polar surface area (TPSA) is 35.0 Å². The number of halogens is 3. The third-order valence-corrected chi connectivity index (χ3v) is 2.32. The van der Waals surface area contributed by atoms with Crippen molar-refractivity contribution in [2.45, 2.75) is 13.1 Å². The fourth-order valence-corrected chi connectivity index (χ4v) is 1.50. The molecule has 0 unspecified atom stereocenters. The molecule has 2 aromatic rings. The molecular weight excluding hydrogens is 233 g/mol. The summed E-state index contributed by atoms with van der Waals surface area (Å²) in [5.74, 6) is 0.317. The fraction of sp³-hybridized carbons (Fsp3) is 0.273. The predicted octanol–water partition coefficient (Wildman–Crippen LogP) is 2.97. The van der Waals surface area contributed by atoms with Crippen LogP contribution in [0.3, 0.4) is 0 Å². The Morgan fingerprint density at radius 1 is 1.12 bits per heavy atom. The fourth-order valence-electron chi connectivity index (χ4n) is 1.50. The first-order valence-corrected chi connectivity index (χ1v) is 4.81. The van der Waals surface area contributed by atoms with E-state index in [1.54, 1.807) is 6.92 Å². The lowest BCUT2D eigenvalue weighted by Gasteiger charge is -2.08. The molecule has 17 heavy (non-hydrogen) atoms. The van der Waals surface area contributed by atoms with Crippen molar-refractivity contribution in [2.24, 2.45) is 0 Å². The monoisotopic (exact) mass is 242 g/mol. The number of methoxy groups -OCH3 is 1. The first-order chi connectivity index (χ1) is 7.91. The van der Waals surface area contributed by atoms with E-state index in [1.165, 1.54) is 13.2 Å². The SMILES string of the molecule is COc1nc2ccc(C(F)(F)F)cc2nc1C. The smallest absolute Gasteiger partial charge is 0.416 e. The van der Waals surface area contributed by atoms with Gasteiger partial charge in [-0.1, -0.05) is 0 Å². The van der Waals surface area contributed by atoms with Gasteiger partial charge in [0.25, 0.3) is 0 Å². The molecule has 0 fully saturated rings. The van der Waals surface area contributed by atoms with Crippen LogP contribution in [0.2, 0.25) is 0 Å². The number of aryl methyl sites for hydroxylation is 1. The van der Waals surface area contributed by atoms with E-state index in [0.717, 1.165) is 12.1 Å². The van der Waals surface area contributed by atoms with Crippen LogP contribution in [0.1, 0.15) is 11.3 Å². The molecule has 0 aliphatic carbocycles. The van der Waals surface area contributed by atoms with E-state index in [1.807, 2.05) is 0 Å². The van der Waals surface area contributed by atoms with Crippen LogP contribution in [0.15, 0.2) is 18.2 Å². The molecule has 0 aliphatic rings.